The SMILES string of the molecule is BrN1CCNCC1. The maximum Gasteiger partial charge on any atom is 0.0218 e. The molecule has 0 atom stereocenters. The molecule has 1 aliphatic heterocycles. The Labute approximate surface area is 52.2 Å². The molecule has 1 fully saturated rings. The van der Waals surface area contributed by atoms with Crippen LogP contribution in [0.5, 0.6) is 0 Å². The molecular weight excluding hydrogens is 156 g/mol. The molecule has 7 heavy (non-hydrogen) atoms. The minimum absolute atomic E-state index is 1.12. The molecule has 1 aliphatic rings. The second-order valence-corrected chi connectivity index (χ2v) is 2.66. The summed E-state index contributed by atoms with van der Waals surface area (Å²) in [5.74, 6) is 0. The highest BCUT2D eigenvalue weighted by Crippen LogP contribution is 1.96. The van der Waals surface area contributed by atoms with E-state index in [9.17, 15) is 0 Å². The van der Waals surface area contributed by atoms with E-state index in [0.29, 0.717) is 0 Å². The van der Waals surface area contributed by atoms with Crippen LogP contribution in [-0.4, -0.2) is 30.1 Å². The van der Waals surface area contributed by atoms with Crippen LogP contribution in [0.3, 0.4) is 0 Å². The average molecular weight is 165 g/mol. The van der Waals surface area contributed by atoms with Crippen LogP contribution >= 0.6 is 16.1 Å². The molecule has 42 valence electrons. The summed E-state index contributed by atoms with van der Waals surface area (Å²) in [5, 5.41) is 3.24. The van der Waals surface area contributed by atoms with Gasteiger partial charge in [-0.3, -0.25) is 0 Å². The lowest BCUT2D eigenvalue weighted by molar-refractivity contribution is 0.408. The molecule has 0 aromatic carbocycles. The van der Waals surface area contributed by atoms with Crippen LogP contribution in [-0.2, 0) is 0 Å². The molecule has 1 N–H and O–H groups in total. The predicted molar refractivity (Wildman–Crippen MR) is 33.4 cm³/mol. The first kappa shape index (κ1) is 5.54. The topological polar surface area (TPSA) is 15.3 Å². The Hall–Kier alpha value is 0.400. The zero-order valence-electron chi connectivity index (χ0n) is 4.15. The molecule has 0 aromatic heterocycles. The quantitative estimate of drug-likeness (QED) is 0.516. The van der Waals surface area contributed by atoms with Crippen molar-refractivity contribution in [2.45, 2.75) is 0 Å². The molecule has 0 aliphatic carbocycles. The highest BCUT2D eigenvalue weighted by molar-refractivity contribution is 9.07. The molecule has 0 radical (unpaired) electrons. The van der Waals surface area contributed by atoms with E-state index < -0.39 is 0 Å². The predicted octanol–water partition coefficient (Wildman–Crippen LogP) is 0.201. The third-order valence-corrected chi connectivity index (χ3v) is 1.77. The summed E-state index contributed by atoms with van der Waals surface area (Å²) in [4.78, 5) is 0. The Kier molecular flexibility index (Phi) is 2.09. The lowest BCUT2D eigenvalue weighted by atomic mass is 10.4. The van der Waals surface area contributed by atoms with Gasteiger partial charge in [0.05, 0.1) is 0 Å². The van der Waals surface area contributed by atoms with Gasteiger partial charge in [-0.15, -0.1) is 0 Å². The van der Waals surface area contributed by atoms with Crippen molar-refractivity contribution in [3.05, 3.63) is 0 Å². The summed E-state index contributed by atoms with van der Waals surface area (Å²) in [6, 6.07) is 0. The Morgan fingerprint density at radius 3 is 2.14 bits per heavy atom. The fraction of sp³-hybridized carbons (Fsp3) is 1.00. The number of hydrogen-bond donors (Lipinski definition) is 1. The van der Waals surface area contributed by atoms with Crippen molar-refractivity contribution >= 4 is 16.1 Å². The third kappa shape index (κ3) is 1.76. The second-order valence-electron chi connectivity index (χ2n) is 1.66. The van der Waals surface area contributed by atoms with Crippen LogP contribution in [0.4, 0.5) is 0 Å². The van der Waals surface area contributed by atoms with Gasteiger partial charge in [0.1, 0.15) is 0 Å². The molecule has 1 saturated heterocycles. The second kappa shape index (κ2) is 2.64. The van der Waals surface area contributed by atoms with Gasteiger partial charge in [0.2, 0.25) is 0 Å². The Balaban J connectivity index is 2.12. The van der Waals surface area contributed by atoms with E-state index in [4.69, 9.17) is 0 Å². The summed E-state index contributed by atoms with van der Waals surface area (Å²) < 4.78 is 2.14. The molecular formula is C4H9BrN2. The van der Waals surface area contributed by atoms with Gasteiger partial charge in [-0.1, -0.05) is 0 Å². The van der Waals surface area contributed by atoms with Crippen molar-refractivity contribution in [2.75, 3.05) is 26.2 Å². The first-order valence-corrected chi connectivity index (χ1v) is 3.22. The van der Waals surface area contributed by atoms with Crippen LogP contribution in [0.25, 0.3) is 0 Å². The number of nitrogens with one attached hydrogen (secondary N) is 1. The molecule has 1 heterocycles. The van der Waals surface area contributed by atoms with E-state index in [1.54, 1.807) is 0 Å². The van der Waals surface area contributed by atoms with Crippen molar-refractivity contribution < 1.29 is 0 Å². The number of nitrogens with zero attached hydrogens (tertiary/aromatic N) is 1. The summed E-state index contributed by atoms with van der Waals surface area (Å²) in [6.45, 7) is 4.48. The molecule has 0 aromatic rings. The van der Waals surface area contributed by atoms with Crippen LogP contribution in [0, 0.1) is 0 Å². The van der Waals surface area contributed by atoms with Gasteiger partial charge < -0.3 is 5.32 Å². The lowest BCUT2D eigenvalue weighted by Gasteiger charge is -2.19. The first-order chi connectivity index (χ1) is 3.39. The highest BCUT2D eigenvalue weighted by atomic mass is 79.9. The monoisotopic (exact) mass is 164 g/mol. The maximum atomic E-state index is 3.38. The first-order valence-electron chi connectivity index (χ1n) is 2.51. The van der Waals surface area contributed by atoms with Gasteiger partial charge in [0.15, 0.2) is 0 Å². The van der Waals surface area contributed by atoms with Gasteiger partial charge in [0, 0.05) is 42.3 Å². The standard InChI is InChI=1S/C4H9BrN2/c5-7-3-1-6-2-4-7/h6H,1-4H2. The van der Waals surface area contributed by atoms with E-state index in [1.165, 1.54) is 0 Å². The van der Waals surface area contributed by atoms with E-state index in [-0.39, 0.29) is 0 Å². The van der Waals surface area contributed by atoms with Gasteiger partial charge in [-0.05, 0) is 0 Å². The molecule has 0 saturated carbocycles. The molecule has 3 heteroatoms. The van der Waals surface area contributed by atoms with E-state index in [0.717, 1.165) is 26.2 Å². The summed E-state index contributed by atoms with van der Waals surface area (Å²) in [6.07, 6.45) is 0. The minimum atomic E-state index is 1.12. The number of rotatable bonds is 0. The minimum Gasteiger partial charge on any atom is -0.314 e. The van der Waals surface area contributed by atoms with Crippen molar-refractivity contribution in [1.29, 1.82) is 0 Å². The maximum absolute atomic E-state index is 3.38. The van der Waals surface area contributed by atoms with Gasteiger partial charge in [0.25, 0.3) is 0 Å². The van der Waals surface area contributed by atoms with Crippen molar-refractivity contribution in [1.82, 2.24) is 9.24 Å². The molecule has 0 bridgehead atoms. The van der Waals surface area contributed by atoms with Crippen molar-refractivity contribution in [3.8, 4) is 0 Å². The lowest BCUT2D eigenvalue weighted by Crippen LogP contribution is -2.38. The fourth-order valence-corrected chi connectivity index (χ4v) is 0.992. The zero-order valence-corrected chi connectivity index (χ0v) is 5.74. The summed E-state index contributed by atoms with van der Waals surface area (Å²) >= 11 is 3.38. The smallest absolute Gasteiger partial charge is 0.0218 e. The fourth-order valence-electron chi connectivity index (χ4n) is 0.638. The number of piperazine rings is 1. The third-order valence-electron chi connectivity index (χ3n) is 1.06. The Morgan fingerprint density at radius 1 is 1.29 bits per heavy atom. The summed E-state index contributed by atoms with van der Waals surface area (Å²) in [7, 11) is 0. The van der Waals surface area contributed by atoms with Gasteiger partial charge in [-0.25, -0.2) is 3.93 Å². The average Bonchev–Trinajstić information content (AvgIpc) is 1.69. The number of halogens is 1. The van der Waals surface area contributed by atoms with E-state index in [2.05, 4.69) is 25.4 Å². The molecule has 2 nitrogen and oxygen atoms in total. The van der Waals surface area contributed by atoms with Gasteiger partial charge in [-0.2, -0.15) is 0 Å². The molecule has 1 rings (SSSR count). The highest BCUT2D eigenvalue weighted by Gasteiger charge is 2.02. The summed E-state index contributed by atoms with van der Waals surface area (Å²) in [5.41, 5.74) is 0. The van der Waals surface area contributed by atoms with E-state index >= 15 is 0 Å². The van der Waals surface area contributed by atoms with Crippen LogP contribution in [0.2, 0.25) is 0 Å². The van der Waals surface area contributed by atoms with E-state index in [1.807, 2.05) is 0 Å². The molecule has 0 amide bonds. The zero-order chi connectivity index (χ0) is 5.11. The van der Waals surface area contributed by atoms with Gasteiger partial charge >= 0.3 is 0 Å². The largest absolute Gasteiger partial charge is 0.314 e. The van der Waals surface area contributed by atoms with Crippen LogP contribution < -0.4 is 5.32 Å². The van der Waals surface area contributed by atoms with Crippen molar-refractivity contribution in [2.24, 2.45) is 0 Å². The Morgan fingerprint density at radius 2 is 1.86 bits per heavy atom. The van der Waals surface area contributed by atoms with Crippen molar-refractivity contribution in [3.63, 3.8) is 0 Å². The normalized spacial score (nSPS) is 25.3. The Bertz CT molecular complexity index is 51.7. The molecule has 0 spiro atoms. The molecule has 0 unspecified atom stereocenters. The number of hydrogen-bond acceptors (Lipinski definition) is 2. The van der Waals surface area contributed by atoms with Crippen LogP contribution in [0.15, 0.2) is 0 Å². The van der Waals surface area contributed by atoms with Crippen LogP contribution in [0.1, 0.15) is 0 Å².